The number of phenolic OH excluding ortho intramolecular Hbond substituents is 4. The van der Waals surface area contributed by atoms with Crippen molar-refractivity contribution in [2.75, 3.05) is 0 Å². The van der Waals surface area contributed by atoms with Gasteiger partial charge >= 0.3 is 29.8 Å². The number of ether oxygens (including phenoxy) is 3. The summed E-state index contributed by atoms with van der Waals surface area (Å²) in [6.45, 7) is 0. The van der Waals surface area contributed by atoms with Crippen molar-refractivity contribution in [2.45, 2.75) is 49.6 Å². The zero-order valence-electron chi connectivity index (χ0n) is 22.7. The van der Waals surface area contributed by atoms with Gasteiger partial charge in [0.25, 0.3) is 0 Å². The van der Waals surface area contributed by atoms with E-state index in [2.05, 4.69) is 0 Å². The lowest BCUT2D eigenvalue weighted by molar-refractivity contribution is -0.213. The highest BCUT2D eigenvalue weighted by molar-refractivity contribution is 5.91. The number of rotatable bonds is 11. The van der Waals surface area contributed by atoms with E-state index >= 15 is 0 Å². The number of benzene rings is 2. The van der Waals surface area contributed by atoms with Crippen LogP contribution in [-0.4, -0.2) is 89.5 Å². The van der Waals surface area contributed by atoms with Crippen LogP contribution in [0.3, 0.4) is 0 Å². The Morgan fingerprint density at radius 3 is 1.70 bits per heavy atom. The summed E-state index contributed by atoms with van der Waals surface area (Å²) in [7, 11) is 0. The minimum absolute atomic E-state index is 0.228. The van der Waals surface area contributed by atoms with E-state index in [1.54, 1.807) is 0 Å². The smallest absolute Gasteiger partial charge is 0.348 e. The molecule has 3 rings (SSSR count). The summed E-state index contributed by atoms with van der Waals surface area (Å²) >= 11 is 0. The molecule has 15 nitrogen and oxygen atoms in total. The average molecular weight is 617 g/mol. The molecule has 1 saturated carbocycles. The predicted molar refractivity (Wildman–Crippen MR) is 146 cm³/mol. The molecule has 0 amide bonds. The number of hydrogen-bond acceptors (Lipinski definition) is 13. The lowest BCUT2D eigenvalue weighted by Gasteiger charge is -2.42. The van der Waals surface area contributed by atoms with Gasteiger partial charge in [-0.2, -0.15) is 0 Å². The third kappa shape index (κ3) is 8.72. The van der Waals surface area contributed by atoms with Gasteiger partial charge in [0.05, 0.1) is 12.8 Å². The Morgan fingerprint density at radius 1 is 0.727 bits per heavy atom. The van der Waals surface area contributed by atoms with Gasteiger partial charge in [-0.3, -0.25) is 9.59 Å². The first-order chi connectivity index (χ1) is 20.7. The van der Waals surface area contributed by atoms with Crippen LogP contribution in [0.25, 0.3) is 12.2 Å². The van der Waals surface area contributed by atoms with Crippen molar-refractivity contribution in [3.05, 3.63) is 59.7 Å². The Morgan fingerprint density at radius 2 is 1.23 bits per heavy atom. The summed E-state index contributed by atoms with van der Waals surface area (Å²) in [5.41, 5.74) is -2.02. The van der Waals surface area contributed by atoms with Crippen molar-refractivity contribution < 1.29 is 73.9 Å². The average Bonchev–Trinajstić information content (AvgIpc) is 2.95. The number of aromatic hydroxyl groups is 4. The lowest BCUT2D eigenvalue weighted by Crippen LogP contribution is -2.59. The standard InChI is InChI=1S/C29H28O15/c30-17-5-1-15(11-19(17)32)3-8-24(36)42-21-13-29(28(40)41,14-22(27(21)39)43-25(37)10-7-23(34)35)44-26(38)9-4-16-2-6-18(31)20(33)12-16/h1-6,8-9,11-12,21-22,27,30-33,39H,7,10,13-14H2,(H,34,35)(H,40,41)/b8-3+,9-4+/t21-,22-,27-,29+/m1/s1. The number of carbonyl (C=O) groups is 5. The SMILES string of the molecule is O=C(O)CCC(=O)O[C@@H]1C[C@](OC(=O)/C=C/c2ccc(O)c(O)c2)(C(=O)O)C[C@@H](OC(=O)/C=C/c2ccc(O)c(O)c2)[C@H]1O. The maximum Gasteiger partial charge on any atom is 0.348 e. The molecule has 0 saturated heterocycles. The minimum atomic E-state index is -2.51. The van der Waals surface area contributed by atoms with Gasteiger partial charge in [-0.15, -0.1) is 0 Å². The van der Waals surface area contributed by atoms with E-state index in [9.17, 15) is 54.6 Å². The van der Waals surface area contributed by atoms with Gasteiger partial charge in [0, 0.05) is 25.0 Å². The molecule has 234 valence electrons. The summed E-state index contributed by atoms with van der Waals surface area (Å²) in [4.78, 5) is 60.8. The second-order valence-corrected chi connectivity index (χ2v) is 9.68. The van der Waals surface area contributed by atoms with Crippen LogP contribution in [0.1, 0.15) is 36.8 Å². The van der Waals surface area contributed by atoms with E-state index in [-0.39, 0.29) is 11.1 Å². The number of aliphatic hydroxyl groups is 1. The van der Waals surface area contributed by atoms with Crippen molar-refractivity contribution in [1.82, 2.24) is 0 Å². The van der Waals surface area contributed by atoms with Crippen LogP contribution in [0.4, 0.5) is 0 Å². The fraction of sp³-hybridized carbons (Fsp3) is 0.276. The van der Waals surface area contributed by atoms with Gasteiger partial charge in [0.1, 0.15) is 18.3 Å². The molecule has 1 aliphatic carbocycles. The molecule has 44 heavy (non-hydrogen) atoms. The highest BCUT2D eigenvalue weighted by Crippen LogP contribution is 2.37. The van der Waals surface area contributed by atoms with Crippen molar-refractivity contribution in [2.24, 2.45) is 0 Å². The van der Waals surface area contributed by atoms with Gasteiger partial charge in [-0.05, 0) is 47.5 Å². The number of aliphatic hydroxyl groups excluding tert-OH is 1. The summed E-state index contributed by atoms with van der Waals surface area (Å²) in [5, 5.41) is 67.8. The quantitative estimate of drug-likeness (QED) is 0.0816. The first kappa shape index (κ1) is 32.9. The molecule has 4 atom stereocenters. The molecule has 0 aromatic heterocycles. The van der Waals surface area contributed by atoms with Gasteiger partial charge in [-0.1, -0.05) is 12.1 Å². The topological polar surface area (TPSA) is 255 Å². The van der Waals surface area contributed by atoms with Gasteiger partial charge < -0.3 is 50.0 Å². The molecule has 0 spiro atoms. The maximum atomic E-state index is 12.7. The normalized spacial score (nSPS) is 21.5. The molecule has 1 aliphatic rings. The molecule has 0 radical (unpaired) electrons. The molecule has 0 bridgehead atoms. The zero-order valence-corrected chi connectivity index (χ0v) is 22.7. The molecular formula is C29H28O15. The number of aliphatic carboxylic acids is 2. The Kier molecular flexibility index (Phi) is 10.5. The van der Waals surface area contributed by atoms with E-state index in [1.165, 1.54) is 18.2 Å². The van der Waals surface area contributed by atoms with Crippen LogP contribution in [0.15, 0.2) is 48.6 Å². The molecule has 1 fully saturated rings. The van der Waals surface area contributed by atoms with E-state index < -0.39 is 102 Å². The first-order valence-electron chi connectivity index (χ1n) is 12.9. The largest absolute Gasteiger partial charge is 0.504 e. The highest BCUT2D eigenvalue weighted by atomic mass is 16.6. The third-order valence-electron chi connectivity index (χ3n) is 6.43. The first-order valence-corrected chi connectivity index (χ1v) is 12.9. The predicted octanol–water partition coefficient (Wildman–Crippen LogP) is 1.45. The monoisotopic (exact) mass is 616 g/mol. The number of carboxylic acids is 2. The minimum Gasteiger partial charge on any atom is -0.504 e. The summed E-state index contributed by atoms with van der Waals surface area (Å²) in [6, 6.07) is 7.22. The van der Waals surface area contributed by atoms with E-state index in [4.69, 9.17) is 19.3 Å². The van der Waals surface area contributed by atoms with Gasteiger partial charge in [0.2, 0.25) is 5.60 Å². The fourth-order valence-electron chi connectivity index (χ4n) is 4.21. The number of esters is 3. The molecule has 0 heterocycles. The Labute approximate surface area is 248 Å². The highest BCUT2D eigenvalue weighted by Gasteiger charge is 2.56. The summed E-state index contributed by atoms with van der Waals surface area (Å²) < 4.78 is 15.6. The van der Waals surface area contributed by atoms with E-state index in [0.29, 0.717) is 0 Å². The Balaban J connectivity index is 1.85. The molecule has 0 aliphatic heterocycles. The lowest BCUT2D eigenvalue weighted by atomic mass is 9.79. The van der Waals surface area contributed by atoms with Crippen LogP contribution < -0.4 is 0 Å². The van der Waals surface area contributed by atoms with Crippen molar-refractivity contribution >= 4 is 42.0 Å². The van der Waals surface area contributed by atoms with Crippen LogP contribution in [-0.2, 0) is 38.2 Å². The second kappa shape index (κ2) is 14.1. The molecule has 15 heteroatoms. The number of phenols is 4. The second-order valence-electron chi connectivity index (χ2n) is 9.68. The van der Waals surface area contributed by atoms with Crippen molar-refractivity contribution in [3.63, 3.8) is 0 Å². The van der Waals surface area contributed by atoms with Crippen molar-refractivity contribution in [3.8, 4) is 23.0 Å². The van der Waals surface area contributed by atoms with Gasteiger partial charge in [-0.25, -0.2) is 14.4 Å². The number of carboxylic acid groups (broad SMARTS) is 2. The molecule has 2 aromatic rings. The Bertz CT molecular complexity index is 1490. The number of carbonyl (C=O) groups excluding carboxylic acids is 3. The van der Waals surface area contributed by atoms with Crippen LogP contribution in [0.5, 0.6) is 23.0 Å². The van der Waals surface area contributed by atoms with Gasteiger partial charge in [0.15, 0.2) is 23.0 Å². The zero-order chi connectivity index (χ0) is 32.6. The van der Waals surface area contributed by atoms with E-state index in [0.717, 1.165) is 42.5 Å². The number of hydrogen-bond donors (Lipinski definition) is 7. The third-order valence-corrected chi connectivity index (χ3v) is 6.43. The van der Waals surface area contributed by atoms with Crippen LogP contribution in [0.2, 0.25) is 0 Å². The van der Waals surface area contributed by atoms with Crippen LogP contribution in [0, 0.1) is 0 Å². The maximum absolute atomic E-state index is 12.7. The Hall–Kier alpha value is -5.57. The molecular weight excluding hydrogens is 588 g/mol. The molecule has 2 aromatic carbocycles. The summed E-state index contributed by atoms with van der Waals surface area (Å²) in [6.07, 6.45) is -4.10. The fourth-order valence-corrected chi connectivity index (χ4v) is 4.21. The summed E-state index contributed by atoms with van der Waals surface area (Å²) in [5.74, 6) is -8.30. The molecule has 0 unspecified atom stereocenters. The van der Waals surface area contributed by atoms with E-state index in [1.807, 2.05) is 0 Å². The van der Waals surface area contributed by atoms with Crippen LogP contribution >= 0.6 is 0 Å². The van der Waals surface area contributed by atoms with Crippen molar-refractivity contribution in [1.29, 1.82) is 0 Å². The molecule has 7 N–H and O–H groups in total.